The van der Waals surface area contributed by atoms with Gasteiger partial charge in [0.15, 0.2) is 0 Å². The zero-order valence-corrected chi connectivity index (χ0v) is 12.5. The van der Waals surface area contributed by atoms with Crippen LogP contribution in [0.1, 0.15) is 26.2 Å². The first-order chi connectivity index (χ1) is 9.61. The van der Waals surface area contributed by atoms with Crippen molar-refractivity contribution in [3.8, 4) is 5.88 Å². The molecule has 2 fully saturated rings. The van der Waals surface area contributed by atoms with E-state index < -0.39 is 10.0 Å². The zero-order valence-electron chi connectivity index (χ0n) is 11.7. The molecule has 0 bridgehead atoms. The monoisotopic (exact) mass is 296 g/mol. The van der Waals surface area contributed by atoms with E-state index in [-0.39, 0.29) is 4.90 Å². The fourth-order valence-corrected chi connectivity index (χ4v) is 4.79. The van der Waals surface area contributed by atoms with Crippen LogP contribution < -0.4 is 4.74 Å². The number of aromatic nitrogens is 1. The molecule has 2 aliphatic rings. The summed E-state index contributed by atoms with van der Waals surface area (Å²) in [5.74, 6) is 1.57. The average molecular weight is 296 g/mol. The van der Waals surface area contributed by atoms with Crippen LogP contribution in [0.15, 0.2) is 23.2 Å². The first-order valence-electron chi connectivity index (χ1n) is 7.20. The van der Waals surface area contributed by atoms with E-state index >= 15 is 0 Å². The van der Waals surface area contributed by atoms with E-state index in [0.29, 0.717) is 37.4 Å². The highest BCUT2D eigenvalue weighted by Gasteiger charge is 2.41. The molecule has 0 spiro atoms. The predicted octanol–water partition coefficient (Wildman–Crippen LogP) is 1.90. The Hall–Kier alpha value is -1.14. The van der Waals surface area contributed by atoms with Crippen LogP contribution in [0, 0.1) is 11.8 Å². The van der Waals surface area contributed by atoms with Gasteiger partial charge in [-0.25, -0.2) is 13.4 Å². The summed E-state index contributed by atoms with van der Waals surface area (Å²) in [6.45, 7) is 3.73. The Kier molecular flexibility index (Phi) is 3.69. The van der Waals surface area contributed by atoms with E-state index in [0.717, 1.165) is 12.8 Å². The number of hydrogen-bond donors (Lipinski definition) is 0. The molecule has 3 rings (SSSR count). The Balaban J connectivity index is 1.78. The Bertz CT molecular complexity index is 559. The normalized spacial score (nSPS) is 26.6. The lowest BCUT2D eigenvalue weighted by Gasteiger charge is -2.17. The maximum absolute atomic E-state index is 12.6. The molecule has 0 aromatic carbocycles. The summed E-state index contributed by atoms with van der Waals surface area (Å²) in [7, 11) is -3.40. The lowest BCUT2D eigenvalue weighted by Crippen LogP contribution is -2.29. The zero-order chi connectivity index (χ0) is 14.2. The number of fused-ring (bicyclic) bond motifs is 1. The van der Waals surface area contributed by atoms with Gasteiger partial charge in [-0.05, 0) is 37.7 Å². The first-order valence-corrected chi connectivity index (χ1v) is 8.64. The second-order valence-electron chi connectivity index (χ2n) is 5.54. The number of nitrogens with zero attached hydrogens (tertiary/aromatic N) is 2. The van der Waals surface area contributed by atoms with Crippen molar-refractivity contribution in [3.05, 3.63) is 18.3 Å². The number of ether oxygens (including phenoxy) is 1. The largest absolute Gasteiger partial charge is 0.478 e. The van der Waals surface area contributed by atoms with E-state index in [9.17, 15) is 8.42 Å². The van der Waals surface area contributed by atoms with Gasteiger partial charge in [0.05, 0.1) is 12.8 Å². The van der Waals surface area contributed by atoms with Crippen molar-refractivity contribution in [2.45, 2.75) is 31.1 Å². The molecule has 2 heterocycles. The highest BCUT2D eigenvalue weighted by Crippen LogP contribution is 2.39. The molecule has 0 unspecified atom stereocenters. The minimum Gasteiger partial charge on any atom is -0.478 e. The molecule has 0 radical (unpaired) electrons. The average Bonchev–Trinajstić information content (AvgIpc) is 3.00. The standard InChI is InChI=1S/C14H20N2O3S/c1-2-19-14-7-6-13(8-15-14)20(17,18)16-9-11-4-3-5-12(11)10-16/h6-8,11-12H,2-5,9-10H2,1H3/t11-,12-/m1/s1. The Morgan fingerprint density at radius 3 is 2.55 bits per heavy atom. The van der Waals surface area contributed by atoms with E-state index in [2.05, 4.69) is 4.98 Å². The SMILES string of the molecule is CCOc1ccc(S(=O)(=O)N2C[C@H]3CCC[C@@H]3C2)cn1. The summed E-state index contributed by atoms with van der Waals surface area (Å²) in [6, 6.07) is 3.20. The third kappa shape index (κ3) is 2.42. The van der Waals surface area contributed by atoms with Crippen molar-refractivity contribution in [2.75, 3.05) is 19.7 Å². The molecule has 20 heavy (non-hydrogen) atoms. The maximum atomic E-state index is 12.6. The molecule has 6 heteroatoms. The van der Waals surface area contributed by atoms with Gasteiger partial charge in [-0.2, -0.15) is 4.31 Å². The Morgan fingerprint density at radius 2 is 2.00 bits per heavy atom. The predicted molar refractivity (Wildman–Crippen MR) is 75.0 cm³/mol. The number of rotatable bonds is 4. The minimum absolute atomic E-state index is 0.265. The van der Waals surface area contributed by atoms with Crippen molar-refractivity contribution in [1.29, 1.82) is 0 Å². The summed E-state index contributed by atoms with van der Waals surface area (Å²) < 4.78 is 32.0. The van der Waals surface area contributed by atoms with Crippen LogP contribution in [0.3, 0.4) is 0 Å². The van der Waals surface area contributed by atoms with Gasteiger partial charge < -0.3 is 4.74 Å². The van der Waals surface area contributed by atoms with Crippen molar-refractivity contribution >= 4 is 10.0 Å². The molecule has 1 aromatic rings. The van der Waals surface area contributed by atoms with Crippen LogP contribution in [0.4, 0.5) is 0 Å². The molecule has 1 saturated carbocycles. The molecule has 5 nitrogen and oxygen atoms in total. The van der Waals surface area contributed by atoms with E-state index in [1.165, 1.54) is 12.6 Å². The number of sulfonamides is 1. The van der Waals surface area contributed by atoms with Crippen LogP contribution in [0.2, 0.25) is 0 Å². The molecule has 1 saturated heterocycles. The fraction of sp³-hybridized carbons (Fsp3) is 0.643. The van der Waals surface area contributed by atoms with Gasteiger partial charge in [0.2, 0.25) is 15.9 Å². The van der Waals surface area contributed by atoms with E-state index in [1.807, 2.05) is 6.92 Å². The first kappa shape index (κ1) is 13.8. The van der Waals surface area contributed by atoms with Crippen molar-refractivity contribution < 1.29 is 13.2 Å². The number of pyridine rings is 1. The van der Waals surface area contributed by atoms with Crippen LogP contribution in [-0.2, 0) is 10.0 Å². The van der Waals surface area contributed by atoms with Crippen LogP contribution in [0.25, 0.3) is 0 Å². The molecule has 1 aliphatic heterocycles. The third-order valence-electron chi connectivity index (χ3n) is 4.33. The van der Waals surface area contributed by atoms with Crippen molar-refractivity contribution in [3.63, 3.8) is 0 Å². The highest BCUT2D eigenvalue weighted by molar-refractivity contribution is 7.89. The molecular weight excluding hydrogens is 276 g/mol. The molecular formula is C14H20N2O3S. The Morgan fingerprint density at radius 1 is 1.30 bits per heavy atom. The molecule has 1 aromatic heterocycles. The van der Waals surface area contributed by atoms with Crippen LogP contribution in [-0.4, -0.2) is 37.4 Å². The molecule has 110 valence electrons. The van der Waals surface area contributed by atoms with Gasteiger partial charge >= 0.3 is 0 Å². The third-order valence-corrected chi connectivity index (χ3v) is 6.15. The highest BCUT2D eigenvalue weighted by atomic mass is 32.2. The van der Waals surface area contributed by atoms with Crippen LogP contribution >= 0.6 is 0 Å². The van der Waals surface area contributed by atoms with Gasteiger partial charge in [0.25, 0.3) is 0 Å². The van der Waals surface area contributed by atoms with E-state index in [1.54, 1.807) is 16.4 Å². The second kappa shape index (κ2) is 5.33. The summed E-state index contributed by atoms with van der Waals surface area (Å²) in [5.41, 5.74) is 0. The molecule has 2 atom stereocenters. The quantitative estimate of drug-likeness (QED) is 0.851. The maximum Gasteiger partial charge on any atom is 0.244 e. The van der Waals surface area contributed by atoms with Crippen molar-refractivity contribution in [1.82, 2.24) is 9.29 Å². The lowest BCUT2D eigenvalue weighted by molar-refractivity contribution is 0.326. The molecule has 0 N–H and O–H groups in total. The topological polar surface area (TPSA) is 59.5 Å². The van der Waals surface area contributed by atoms with Gasteiger partial charge in [0, 0.05) is 19.2 Å². The van der Waals surface area contributed by atoms with Gasteiger partial charge in [-0.15, -0.1) is 0 Å². The smallest absolute Gasteiger partial charge is 0.244 e. The molecule has 1 aliphatic carbocycles. The van der Waals surface area contributed by atoms with Crippen molar-refractivity contribution in [2.24, 2.45) is 11.8 Å². The fourth-order valence-electron chi connectivity index (χ4n) is 3.29. The minimum atomic E-state index is -3.40. The lowest BCUT2D eigenvalue weighted by atomic mass is 10.0. The number of hydrogen-bond acceptors (Lipinski definition) is 4. The summed E-state index contributed by atoms with van der Waals surface area (Å²) in [6.07, 6.45) is 4.97. The Labute approximate surface area is 120 Å². The van der Waals surface area contributed by atoms with Gasteiger partial charge in [0.1, 0.15) is 4.90 Å². The van der Waals surface area contributed by atoms with E-state index in [4.69, 9.17) is 4.74 Å². The van der Waals surface area contributed by atoms with Gasteiger partial charge in [-0.1, -0.05) is 6.42 Å². The second-order valence-corrected chi connectivity index (χ2v) is 7.48. The summed E-state index contributed by atoms with van der Waals surface area (Å²) >= 11 is 0. The summed E-state index contributed by atoms with van der Waals surface area (Å²) in [4.78, 5) is 4.31. The van der Waals surface area contributed by atoms with Crippen LogP contribution in [0.5, 0.6) is 5.88 Å². The summed E-state index contributed by atoms with van der Waals surface area (Å²) in [5, 5.41) is 0. The van der Waals surface area contributed by atoms with Gasteiger partial charge in [-0.3, -0.25) is 0 Å². The molecule has 0 amide bonds.